The lowest BCUT2D eigenvalue weighted by molar-refractivity contribution is -0.118. The number of amides is 1. The highest BCUT2D eigenvalue weighted by Crippen LogP contribution is 2.38. The lowest BCUT2D eigenvalue weighted by atomic mass is 10.1. The van der Waals surface area contributed by atoms with E-state index in [9.17, 15) is 4.79 Å². The molecule has 1 aliphatic heterocycles. The summed E-state index contributed by atoms with van der Waals surface area (Å²) in [6.45, 7) is 6.38. The summed E-state index contributed by atoms with van der Waals surface area (Å²) in [4.78, 5) is 12.3. The van der Waals surface area contributed by atoms with Gasteiger partial charge in [0.05, 0.1) is 12.3 Å². The number of aryl methyl sites for hydroxylation is 1. The van der Waals surface area contributed by atoms with Crippen LogP contribution < -0.4 is 19.5 Å². The first kappa shape index (κ1) is 17.1. The van der Waals surface area contributed by atoms with Gasteiger partial charge in [0.15, 0.2) is 6.61 Å². The smallest absolute Gasteiger partial charge is 0.262 e. The maximum Gasteiger partial charge on any atom is 0.262 e. The second-order valence-corrected chi connectivity index (χ2v) is 6.18. The normalized spacial score (nSPS) is 15.2. The van der Waals surface area contributed by atoms with Gasteiger partial charge in [-0.3, -0.25) is 4.79 Å². The molecular weight excluding hydrogens is 318 g/mol. The molecule has 1 atom stereocenters. The standard InChI is InChI=1S/C20H23NO4/c1-4-23-19-10-15-9-14(3)25-18(15)11-17(19)21-20(22)12-24-16-7-5-6-13(2)8-16/h5-8,10-11,14H,4,9,12H2,1-3H3,(H,21,22)/t14-/m0/s1. The molecule has 1 aliphatic rings. The summed E-state index contributed by atoms with van der Waals surface area (Å²) >= 11 is 0. The average molecular weight is 341 g/mol. The average Bonchev–Trinajstić information content (AvgIpc) is 2.92. The Morgan fingerprint density at radius 2 is 2.12 bits per heavy atom. The minimum atomic E-state index is -0.242. The summed E-state index contributed by atoms with van der Waals surface area (Å²) in [5, 5.41) is 2.86. The van der Waals surface area contributed by atoms with Crippen molar-refractivity contribution < 1.29 is 19.0 Å². The van der Waals surface area contributed by atoms with Crippen LogP contribution in [-0.2, 0) is 11.2 Å². The van der Waals surface area contributed by atoms with Crippen molar-refractivity contribution >= 4 is 11.6 Å². The van der Waals surface area contributed by atoms with Crippen molar-refractivity contribution in [3.63, 3.8) is 0 Å². The fraction of sp³-hybridized carbons (Fsp3) is 0.350. The van der Waals surface area contributed by atoms with E-state index in [0.717, 1.165) is 23.3 Å². The van der Waals surface area contributed by atoms with E-state index in [-0.39, 0.29) is 18.6 Å². The number of hydrogen-bond donors (Lipinski definition) is 1. The number of rotatable bonds is 6. The SMILES string of the molecule is CCOc1cc2c(cc1NC(=O)COc1cccc(C)c1)O[C@@H](C)C2. The first-order chi connectivity index (χ1) is 12.0. The molecule has 2 aromatic carbocycles. The van der Waals surface area contributed by atoms with Crippen LogP contribution in [0.3, 0.4) is 0 Å². The van der Waals surface area contributed by atoms with E-state index in [4.69, 9.17) is 14.2 Å². The molecule has 0 unspecified atom stereocenters. The van der Waals surface area contributed by atoms with Gasteiger partial charge in [-0.1, -0.05) is 12.1 Å². The van der Waals surface area contributed by atoms with Gasteiger partial charge in [0.1, 0.15) is 23.4 Å². The number of hydrogen-bond acceptors (Lipinski definition) is 4. The topological polar surface area (TPSA) is 56.8 Å². The highest BCUT2D eigenvalue weighted by Gasteiger charge is 2.22. The van der Waals surface area contributed by atoms with Gasteiger partial charge in [-0.05, 0) is 44.5 Å². The Bertz CT molecular complexity index is 772. The fourth-order valence-electron chi connectivity index (χ4n) is 2.85. The molecule has 5 nitrogen and oxygen atoms in total. The monoisotopic (exact) mass is 341 g/mol. The first-order valence-corrected chi connectivity index (χ1v) is 8.51. The summed E-state index contributed by atoms with van der Waals surface area (Å²) in [5.41, 5.74) is 2.79. The van der Waals surface area contributed by atoms with Crippen LogP contribution in [0.25, 0.3) is 0 Å². The van der Waals surface area contributed by atoms with Crippen molar-refractivity contribution in [2.45, 2.75) is 33.3 Å². The van der Waals surface area contributed by atoms with Gasteiger partial charge < -0.3 is 19.5 Å². The van der Waals surface area contributed by atoms with Crippen LogP contribution in [-0.4, -0.2) is 25.2 Å². The zero-order valence-corrected chi connectivity index (χ0v) is 14.8. The molecule has 5 heteroatoms. The van der Waals surface area contributed by atoms with Gasteiger partial charge in [-0.15, -0.1) is 0 Å². The van der Waals surface area contributed by atoms with Gasteiger partial charge in [0.25, 0.3) is 5.91 Å². The summed E-state index contributed by atoms with van der Waals surface area (Å²) < 4.78 is 17.0. The van der Waals surface area contributed by atoms with Crippen LogP contribution in [0.4, 0.5) is 5.69 Å². The Morgan fingerprint density at radius 1 is 1.28 bits per heavy atom. The quantitative estimate of drug-likeness (QED) is 0.870. The Kier molecular flexibility index (Phi) is 5.12. The number of ether oxygens (including phenoxy) is 3. The van der Waals surface area contributed by atoms with Crippen LogP contribution in [0.2, 0.25) is 0 Å². The summed E-state index contributed by atoms with van der Waals surface area (Å²) in [5.74, 6) is 1.88. The van der Waals surface area contributed by atoms with E-state index < -0.39 is 0 Å². The number of benzene rings is 2. The maximum atomic E-state index is 12.3. The third-order valence-corrected chi connectivity index (χ3v) is 3.93. The molecule has 1 N–H and O–H groups in total. The molecule has 0 aromatic heterocycles. The van der Waals surface area contributed by atoms with E-state index in [1.165, 1.54) is 0 Å². The molecule has 132 valence electrons. The molecule has 2 aromatic rings. The van der Waals surface area contributed by atoms with Crippen LogP contribution in [0.1, 0.15) is 25.0 Å². The van der Waals surface area contributed by atoms with Crippen molar-refractivity contribution in [3.8, 4) is 17.2 Å². The van der Waals surface area contributed by atoms with E-state index in [0.29, 0.717) is 23.8 Å². The molecule has 0 bridgehead atoms. The zero-order valence-electron chi connectivity index (χ0n) is 14.8. The maximum absolute atomic E-state index is 12.3. The van der Waals surface area contributed by atoms with Crippen LogP contribution >= 0.6 is 0 Å². The molecule has 1 amide bonds. The molecule has 0 saturated carbocycles. The van der Waals surface area contributed by atoms with Crippen molar-refractivity contribution in [1.29, 1.82) is 0 Å². The molecule has 0 fully saturated rings. The molecule has 3 rings (SSSR count). The third-order valence-electron chi connectivity index (χ3n) is 3.93. The van der Waals surface area contributed by atoms with Gasteiger partial charge in [0.2, 0.25) is 0 Å². The number of carbonyl (C=O) groups excluding carboxylic acids is 1. The fourth-order valence-corrected chi connectivity index (χ4v) is 2.85. The summed E-state index contributed by atoms with van der Waals surface area (Å²) in [7, 11) is 0. The van der Waals surface area contributed by atoms with Crippen molar-refractivity contribution in [2.75, 3.05) is 18.5 Å². The Hall–Kier alpha value is -2.69. The Morgan fingerprint density at radius 3 is 2.88 bits per heavy atom. The third kappa shape index (κ3) is 4.24. The van der Waals surface area contributed by atoms with Gasteiger partial charge >= 0.3 is 0 Å². The molecular formula is C20H23NO4. The summed E-state index contributed by atoms with van der Waals surface area (Å²) in [6, 6.07) is 11.4. The summed E-state index contributed by atoms with van der Waals surface area (Å²) in [6.07, 6.45) is 0.986. The molecule has 0 saturated heterocycles. The van der Waals surface area contributed by atoms with Crippen LogP contribution in [0.15, 0.2) is 36.4 Å². The molecule has 0 aliphatic carbocycles. The number of carbonyl (C=O) groups is 1. The van der Waals surface area contributed by atoms with Crippen molar-refractivity contribution in [2.24, 2.45) is 0 Å². The van der Waals surface area contributed by atoms with E-state index in [2.05, 4.69) is 5.32 Å². The number of nitrogens with one attached hydrogen (secondary N) is 1. The predicted octanol–water partition coefficient (Wildman–Crippen LogP) is 3.73. The van der Waals surface area contributed by atoms with Gasteiger partial charge in [0, 0.05) is 18.1 Å². The van der Waals surface area contributed by atoms with Crippen molar-refractivity contribution in [3.05, 3.63) is 47.5 Å². The van der Waals surface area contributed by atoms with Crippen LogP contribution in [0, 0.1) is 6.92 Å². The number of fused-ring (bicyclic) bond motifs is 1. The Balaban J connectivity index is 1.69. The lowest BCUT2D eigenvalue weighted by Gasteiger charge is -2.14. The Labute approximate surface area is 147 Å². The number of anilines is 1. The highest BCUT2D eigenvalue weighted by molar-refractivity contribution is 5.93. The minimum absolute atomic E-state index is 0.0661. The minimum Gasteiger partial charge on any atom is -0.492 e. The molecule has 25 heavy (non-hydrogen) atoms. The lowest BCUT2D eigenvalue weighted by Crippen LogP contribution is -2.20. The van der Waals surface area contributed by atoms with Gasteiger partial charge in [-0.2, -0.15) is 0 Å². The second kappa shape index (κ2) is 7.47. The second-order valence-electron chi connectivity index (χ2n) is 6.18. The van der Waals surface area contributed by atoms with Crippen LogP contribution in [0.5, 0.6) is 17.2 Å². The molecule has 0 spiro atoms. The van der Waals surface area contributed by atoms with E-state index in [1.807, 2.05) is 57.2 Å². The predicted molar refractivity (Wildman–Crippen MR) is 96.7 cm³/mol. The molecule has 1 heterocycles. The highest BCUT2D eigenvalue weighted by atomic mass is 16.5. The first-order valence-electron chi connectivity index (χ1n) is 8.51. The van der Waals surface area contributed by atoms with E-state index in [1.54, 1.807) is 0 Å². The van der Waals surface area contributed by atoms with Gasteiger partial charge in [-0.25, -0.2) is 0 Å². The zero-order chi connectivity index (χ0) is 17.8. The largest absolute Gasteiger partial charge is 0.492 e. The van der Waals surface area contributed by atoms with E-state index >= 15 is 0 Å². The van der Waals surface area contributed by atoms with Crippen molar-refractivity contribution in [1.82, 2.24) is 0 Å². The molecule has 0 radical (unpaired) electrons.